The molecule has 0 unspecified atom stereocenters. The van der Waals surface area contributed by atoms with Crippen LogP contribution in [0.4, 0.5) is 0 Å². The fraction of sp³-hybridized carbons (Fsp3) is 0.389. The molecule has 0 aliphatic carbocycles. The summed E-state index contributed by atoms with van der Waals surface area (Å²) in [4.78, 5) is 40.4. The van der Waals surface area contributed by atoms with Crippen LogP contribution in [0.3, 0.4) is 0 Å². The number of thiophene rings is 1. The Morgan fingerprint density at radius 2 is 1.77 bits per heavy atom. The molecule has 7 nitrogen and oxygen atoms in total. The van der Waals surface area contributed by atoms with Gasteiger partial charge in [0.05, 0.1) is 18.0 Å². The number of benzene rings is 1. The van der Waals surface area contributed by atoms with E-state index in [-0.39, 0.29) is 30.8 Å². The van der Waals surface area contributed by atoms with Crippen molar-refractivity contribution in [1.82, 2.24) is 15.1 Å². The van der Waals surface area contributed by atoms with Gasteiger partial charge < -0.3 is 20.9 Å². The first-order chi connectivity index (χ1) is 12.5. The van der Waals surface area contributed by atoms with Crippen molar-refractivity contribution in [2.45, 2.75) is 6.92 Å². The second kappa shape index (κ2) is 7.84. The predicted molar refractivity (Wildman–Crippen MR) is 101 cm³/mol. The number of nitrogens with two attached hydrogens (primary N) is 1. The molecular weight excluding hydrogens is 352 g/mol. The Bertz CT molecular complexity index is 840. The van der Waals surface area contributed by atoms with Crippen molar-refractivity contribution in [2.75, 3.05) is 39.3 Å². The number of carbonyl (C=O) groups excluding carboxylic acids is 3. The highest BCUT2D eigenvalue weighted by atomic mass is 32.1. The fourth-order valence-corrected chi connectivity index (χ4v) is 4.22. The van der Waals surface area contributed by atoms with Crippen LogP contribution >= 0.6 is 11.3 Å². The van der Waals surface area contributed by atoms with Gasteiger partial charge >= 0.3 is 0 Å². The molecule has 0 radical (unpaired) electrons. The first-order valence-electron chi connectivity index (χ1n) is 8.53. The molecule has 0 saturated carbocycles. The molecule has 1 fully saturated rings. The van der Waals surface area contributed by atoms with Gasteiger partial charge in [0.25, 0.3) is 5.91 Å². The van der Waals surface area contributed by atoms with Crippen LogP contribution in [0.2, 0.25) is 0 Å². The maximum absolute atomic E-state index is 12.9. The summed E-state index contributed by atoms with van der Waals surface area (Å²) >= 11 is 1.52. The number of carbonyl (C=O) groups is 3. The first kappa shape index (κ1) is 18.3. The Balaban J connectivity index is 1.60. The van der Waals surface area contributed by atoms with Crippen LogP contribution in [0.25, 0.3) is 10.1 Å². The Labute approximate surface area is 155 Å². The zero-order valence-corrected chi connectivity index (χ0v) is 15.5. The molecule has 138 valence electrons. The molecule has 2 heterocycles. The molecule has 0 atom stereocenters. The third-order valence-electron chi connectivity index (χ3n) is 4.58. The molecule has 1 aliphatic rings. The Kier molecular flexibility index (Phi) is 5.53. The molecule has 0 spiro atoms. The van der Waals surface area contributed by atoms with E-state index >= 15 is 0 Å². The SMILES string of the molecule is Cc1c(C(=O)N2CCN(C(=O)CNC(=O)CN)CC2)sc2ccccc12. The second-order valence-corrected chi connectivity index (χ2v) is 7.26. The van der Waals surface area contributed by atoms with Gasteiger partial charge in [0.15, 0.2) is 0 Å². The monoisotopic (exact) mass is 374 g/mol. The average Bonchev–Trinajstić information content (AvgIpc) is 3.02. The van der Waals surface area contributed by atoms with Gasteiger partial charge in [-0.25, -0.2) is 0 Å². The average molecular weight is 374 g/mol. The van der Waals surface area contributed by atoms with E-state index in [0.29, 0.717) is 26.2 Å². The summed E-state index contributed by atoms with van der Waals surface area (Å²) in [5.74, 6) is -0.489. The van der Waals surface area contributed by atoms with E-state index in [4.69, 9.17) is 5.73 Å². The third-order valence-corrected chi connectivity index (χ3v) is 5.84. The Morgan fingerprint density at radius 1 is 1.12 bits per heavy atom. The lowest BCUT2D eigenvalue weighted by Crippen LogP contribution is -2.52. The van der Waals surface area contributed by atoms with Crippen molar-refractivity contribution in [1.29, 1.82) is 0 Å². The lowest BCUT2D eigenvalue weighted by molar-refractivity contribution is -0.133. The third kappa shape index (κ3) is 3.71. The van der Waals surface area contributed by atoms with E-state index in [1.54, 1.807) is 9.80 Å². The number of hydrogen-bond acceptors (Lipinski definition) is 5. The number of nitrogens with one attached hydrogen (secondary N) is 1. The van der Waals surface area contributed by atoms with Gasteiger partial charge in [-0.05, 0) is 23.9 Å². The highest BCUT2D eigenvalue weighted by molar-refractivity contribution is 7.21. The van der Waals surface area contributed by atoms with E-state index in [1.807, 2.05) is 31.2 Å². The van der Waals surface area contributed by atoms with Gasteiger partial charge in [-0.1, -0.05) is 18.2 Å². The maximum atomic E-state index is 12.9. The maximum Gasteiger partial charge on any atom is 0.264 e. The van der Waals surface area contributed by atoms with Crippen LogP contribution in [0.15, 0.2) is 24.3 Å². The summed E-state index contributed by atoms with van der Waals surface area (Å²) in [5.41, 5.74) is 6.22. The van der Waals surface area contributed by atoms with Crippen LogP contribution in [-0.2, 0) is 9.59 Å². The predicted octanol–water partition coefficient (Wildman–Crippen LogP) is 0.569. The number of fused-ring (bicyclic) bond motifs is 1. The summed E-state index contributed by atoms with van der Waals surface area (Å²) in [5, 5.41) is 3.59. The van der Waals surface area contributed by atoms with E-state index in [9.17, 15) is 14.4 Å². The van der Waals surface area contributed by atoms with Crippen molar-refractivity contribution in [3.63, 3.8) is 0 Å². The zero-order chi connectivity index (χ0) is 18.7. The summed E-state index contributed by atoms with van der Waals surface area (Å²) in [6.45, 7) is 3.70. The topological polar surface area (TPSA) is 95.7 Å². The number of hydrogen-bond donors (Lipinski definition) is 2. The molecule has 3 N–H and O–H groups in total. The number of aryl methyl sites for hydroxylation is 1. The number of piperazine rings is 1. The van der Waals surface area contributed by atoms with E-state index in [0.717, 1.165) is 20.5 Å². The molecule has 26 heavy (non-hydrogen) atoms. The lowest BCUT2D eigenvalue weighted by atomic mass is 10.1. The molecule has 1 aromatic carbocycles. The van der Waals surface area contributed by atoms with Gasteiger partial charge in [0, 0.05) is 30.9 Å². The molecule has 1 aliphatic heterocycles. The molecule has 3 amide bonds. The van der Waals surface area contributed by atoms with Crippen LogP contribution in [0.1, 0.15) is 15.2 Å². The second-order valence-electron chi connectivity index (χ2n) is 6.21. The molecule has 2 aromatic rings. The van der Waals surface area contributed by atoms with Gasteiger partial charge in [0.2, 0.25) is 11.8 Å². The van der Waals surface area contributed by atoms with Crippen molar-refractivity contribution < 1.29 is 14.4 Å². The Morgan fingerprint density at radius 3 is 2.42 bits per heavy atom. The smallest absolute Gasteiger partial charge is 0.264 e. The number of nitrogens with zero attached hydrogens (tertiary/aromatic N) is 2. The summed E-state index contributed by atoms with van der Waals surface area (Å²) in [6, 6.07) is 8.00. The molecule has 1 aromatic heterocycles. The van der Waals surface area contributed by atoms with Crippen molar-refractivity contribution in [2.24, 2.45) is 5.73 Å². The normalized spacial score (nSPS) is 14.5. The highest BCUT2D eigenvalue weighted by Gasteiger charge is 2.27. The summed E-state index contributed by atoms with van der Waals surface area (Å²) < 4.78 is 1.11. The largest absolute Gasteiger partial charge is 0.346 e. The molecule has 8 heteroatoms. The van der Waals surface area contributed by atoms with Crippen molar-refractivity contribution >= 4 is 39.1 Å². The highest BCUT2D eigenvalue weighted by Crippen LogP contribution is 2.31. The molecular formula is C18H22N4O3S. The van der Waals surface area contributed by atoms with Crippen molar-refractivity contribution in [3.05, 3.63) is 34.7 Å². The fourth-order valence-electron chi connectivity index (χ4n) is 3.04. The van der Waals surface area contributed by atoms with Gasteiger partial charge in [-0.3, -0.25) is 14.4 Å². The van der Waals surface area contributed by atoms with E-state index in [1.165, 1.54) is 11.3 Å². The van der Waals surface area contributed by atoms with E-state index < -0.39 is 0 Å². The van der Waals surface area contributed by atoms with E-state index in [2.05, 4.69) is 5.32 Å². The van der Waals surface area contributed by atoms with Crippen LogP contribution in [0.5, 0.6) is 0 Å². The lowest BCUT2D eigenvalue weighted by Gasteiger charge is -2.34. The summed E-state index contributed by atoms with van der Waals surface area (Å²) in [7, 11) is 0. The van der Waals surface area contributed by atoms with Gasteiger partial charge in [-0.2, -0.15) is 0 Å². The van der Waals surface area contributed by atoms with Gasteiger partial charge in [-0.15, -0.1) is 11.3 Å². The zero-order valence-electron chi connectivity index (χ0n) is 14.7. The first-order valence-corrected chi connectivity index (χ1v) is 9.35. The van der Waals surface area contributed by atoms with Crippen LogP contribution in [0, 0.1) is 6.92 Å². The number of rotatable bonds is 4. The standard InChI is InChI=1S/C18H22N4O3S/c1-12-13-4-2-3-5-14(13)26-17(12)18(25)22-8-6-21(7-9-22)16(24)11-20-15(23)10-19/h2-5H,6-11,19H2,1H3,(H,20,23). The quantitative estimate of drug-likeness (QED) is 0.818. The molecule has 0 bridgehead atoms. The Hall–Kier alpha value is -2.45. The summed E-state index contributed by atoms with van der Waals surface area (Å²) in [6.07, 6.45) is 0. The minimum atomic E-state index is -0.354. The molecule has 3 rings (SSSR count). The van der Waals surface area contributed by atoms with Crippen LogP contribution < -0.4 is 11.1 Å². The minimum Gasteiger partial charge on any atom is -0.346 e. The van der Waals surface area contributed by atoms with Gasteiger partial charge in [0.1, 0.15) is 0 Å². The van der Waals surface area contributed by atoms with Crippen molar-refractivity contribution in [3.8, 4) is 0 Å². The molecule has 1 saturated heterocycles. The van der Waals surface area contributed by atoms with Crippen LogP contribution in [-0.4, -0.2) is 66.8 Å². The number of amides is 3. The minimum absolute atomic E-state index is 0.0206.